The van der Waals surface area contributed by atoms with E-state index in [9.17, 15) is 9.59 Å². The summed E-state index contributed by atoms with van der Waals surface area (Å²) in [7, 11) is 0. The van der Waals surface area contributed by atoms with E-state index < -0.39 is 5.97 Å². The highest BCUT2D eigenvalue weighted by molar-refractivity contribution is 5.76. The van der Waals surface area contributed by atoms with Crippen molar-refractivity contribution in [1.29, 1.82) is 0 Å². The highest BCUT2D eigenvalue weighted by atomic mass is 16.4. The smallest absolute Gasteiger partial charge is 0.315 e. The van der Waals surface area contributed by atoms with Crippen molar-refractivity contribution in [1.82, 2.24) is 10.6 Å². The van der Waals surface area contributed by atoms with Gasteiger partial charge in [-0.2, -0.15) is 0 Å². The molecule has 0 aliphatic heterocycles. The quantitative estimate of drug-likeness (QED) is 0.568. The molecule has 5 heteroatoms. The van der Waals surface area contributed by atoms with Gasteiger partial charge in [0.2, 0.25) is 0 Å². The minimum absolute atomic E-state index is 0.00776. The minimum Gasteiger partial charge on any atom is -0.481 e. The molecule has 1 unspecified atom stereocenters. The summed E-state index contributed by atoms with van der Waals surface area (Å²) in [6.07, 6.45) is 3.56. The summed E-state index contributed by atoms with van der Waals surface area (Å²) in [4.78, 5) is 21.8. The molecule has 0 aromatic heterocycles. The summed E-state index contributed by atoms with van der Waals surface area (Å²) in [5, 5.41) is 13.9. The van der Waals surface area contributed by atoms with E-state index in [-0.39, 0.29) is 18.5 Å². The molecule has 0 radical (unpaired) electrons. The lowest BCUT2D eigenvalue weighted by Crippen LogP contribution is -2.44. The molecule has 1 saturated carbocycles. The van der Waals surface area contributed by atoms with Crippen molar-refractivity contribution in [2.45, 2.75) is 25.3 Å². The lowest BCUT2D eigenvalue weighted by Gasteiger charge is -2.16. The van der Waals surface area contributed by atoms with E-state index in [2.05, 4.69) is 17.2 Å². The average molecular weight is 212 g/mol. The Morgan fingerprint density at radius 2 is 2.20 bits per heavy atom. The van der Waals surface area contributed by atoms with Crippen molar-refractivity contribution in [2.75, 3.05) is 6.54 Å². The van der Waals surface area contributed by atoms with Crippen LogP contribution in [0.3, 0.4) is 0 Å². The highest BCUT2D eigenvalue weighted by Crippen LogP contribution is 2.33. The Balaban J connectivity index is 2.33. The third-order valence-electron chi connectivity index (χ3n) is 2.31. The Bertz CT molecular complexity index is 261. The summed E-state index contributed by atoms with van der Waals surface area (Å²) in [6, 6.07) is -0.569. The molecule has 0 aromatic rings. The molecule has 0 spiro atoms. The van der Waals surface area contributed by atoms with Crippen LogP contribution in [0.2, 0.25) is 0 Å². The number of nitrogens with one attached hydrogen (secondary N) is 2. The molecule has 2 amide bonds. The maximum Gasteiger partial charge on any atom is 0.315 e. The Labute approximate surface area is 88.5 Å². The molecular formula is C10H16N2O3. The molecule has 84 valence electrons. The highest BCUT2D eigenvalue weighted by Gasteiger charge is 2.33. The molecule has 1 rings (SSSR count). The first-order chi connectivity index (χ1) is 7.13. The van der Waals surface area contributed by atoms with Gasteiger partial charge in [-0.3, -0.25) is 4.79 Å². The molecule has 0 heterocycles. The van der Waals surface area contributed by atoms with Gasteiger partial charge in [-0.15, -0.1) is 6.58 Å². The standard InChI is InChI=1S/C10H16N2O3/c1-2-5-11-10(15)12-8(6-9(13)14)7-3-4-7/h2,7-8H,1,3-6H2,(H,13,14)(H2,11,12,15). The van der Waals surface area contributed by atoms with Gasteiger partial charge in [0.15, 0.2) is 0 Å². The molecule has 3 N–H and O–H groups in total. The summed E-state index contributed by atoms with van der Waals surface area (Å²) < 4.78 is 0. The van der Waals surface area contributed by atoms with Crippen LogP contribution in [-0.4, -0.2) is 29.7 Å². The normalized spacial score (nSPS) is 16.5. The van der Waals surface area contributed by atoms with Gasteiger partial charge in [-0.25, -0.2) is 4.79 Å². The number of hydrogen-bond acceptors (Lipinski definition) is 2. The summed E-state index contributed by atoms with van der Waals surface area (Å²) in [5.74, 6) is -0.550. The number of carboxylic acids is 1. The largest absolute Gasteiger partial charge is 0.481 e. The molecule has 1 fully saturated rings. The van der Waals surface area contributed by atoms with E-state index in [0.717, 1.165) is 12.8 Å². The van der Waals surface area contributed by atoms with E-state index in [0.29, 0.717) is 12.5 Å². The lowest BCUT2D eigenvalue weighted by molar-refractivity contribution is -0.137. The van der Waals surface area contributed by atoms with E-state index >= 15 is 0 Å². The van der Waals surface area contributed by atoms with Crippen LogP contribution in [0.15, 0.2) is 12.7 Å². The van der Waals surface area contributed by atoms with Gasteiger partial charge in [-0.05, 0) is 18.8 Å². The van der Waals surface area contributed by atoms with Crippen LogP contribution in [-0.2, 0) is 4.79 Å². The van der Waals surface area contributed by atoms with Crippen molar-refractivity contribution in [3.63, 3.8) is 0 Å². The van der Waals surface area contributed by atoms with Gasteiger partial charge in [0.1, 0.15) is 0 Å². The molecule has 0 saturated heterocycles. The van der Waals surface area contributed by atoms with E-state index in [1.807, 2.05) is 0 Å². The molecular weight excluding hydrogens is 196 g/mol. The van der Waals surface area contributed by atoms with Crippen LogP contribution in [0.5, 0.6) is 0 Å². The first kappa shape index (κ1) is 11.6. The van der Waals surface area contributed by atoms with Gasteiger partial charge in [0.25, 0.3) is 0 Å². The number of carbonyl (C=O) groups is 2. The van der Waals surface area contributed by atoms with Crippen LogP contribution in [0.4, 0.5) is 4.79 Å². The monoisotopic (exact) mass is 212 g/mol. The summed E-state index contributed by atoms with van der Waals surface area (Å²) in [6.45, 7) is 3.86. The van der Waals surface area contributed by atoms with Crippen molar-refractivity contribution < 1.29 is 14.7 Å². The number of aliphatic carboxylic acids is 1. The van der Waals surface area contributed by atoms with Crippen LogP contribution in [0.25, 0.3) is 0 Å². The predicted molar refractivity (Wildman–Crippen MR) is 55.5 cm³/mol. The Morgan fingerprint density at radius 3 is 2.67 bits per heavy atom. The topological polar surface area (TPSA) is 78.4 Å². The molecule has 1 atom stereocenters. The van der Waals surface area contributed by atoms with Crippen molar-refractivity contribution in [2.24, 2.45) is 5.92 Å². The number of rotatable bonds is 6. The third kappa shape index (κ3) is 4.49. The maximum atomic E-state index is 11.3. The molecule has 5 nitrogen and oxygen atoms in total. The molecule has 0 aromatic carbocycles. The van der Waals surface area contributed by atoms with Gasteiger partial charge in [0, 0.05) is 12.6 Å². The van der Waals surface area contributed by atoms with Crippen LogP contribution in [0, 0.1) is 5.92 Å². The second-order valence-corrected chi connectivity index (χ2v) is 3.68. The summed E-state index contributed by atoms with van der Waals surface area (Å²) >= 11 is 0. The predicted octanol–water partition coefficient (Wildman–Crippen LogP) is 0.725. The van der Waals surface area contributed by atoms with Crippen LogP contribution >= 0.6 is 0 Å². The Hall–Kier alpha value is -1.52. The van der Waals surface area contributed by atoms with Gasteiger partial charge in [-0.1, -0.05) is 6.08 Å². The number of carboxylic acid groups (broad SMARTS) is 1. The van der Waals surface area contributed by atoms with E-state index in [1.165, 1.54) is 0 Å². The average Bonchev–Trinajstić information content (AvgIpc) is 2.96. The van der Waals surface area contributed by atoms with E-state index in [1.54, 1.807) is 6.08 Å². The summed E-state index contributed by atoms with van der Waals surface area (Å²) in [5.41, 5.74) is 0. The fraction of sp³-hybridized carbons (Fsp3) is 0.600. The zero-order chi connectivity index (χ0) is 11.3. The minimum atomic E-state index is -0.879. The number of amides is 2. The zero-order valence-electron chi connectivity index (χ0n) is 8.53. The number of urea groups is 1. The van der Waals surface area contributed by atoms with Crippen LogP contribution < -0.4 is 10.6 Å². The third-order valence-corrected chi connectivity index (χ3v) is 2.31. The number of carbonyl (C=O) groups excluding carboxylic acids is 1. The Morgan fingerprint density at radius 1 is 1.53 bits per heavy atom. The van der Waals surface area contributed by atoms with Gasteiger partial charge in [0.05, 0.1) is 6.42 Å². The lowest BCUT2D eigenvalue weighted by atomic mass is 10.1. The van der Waals surface area contributed by atoms with E-state index in [4.69, 9.17) is 5.11 Å². The first-order valence-electron chi connectivity index (χ1n) is 5.00. The first-order valence-corrected chi connectivity index (χ1v) is 5.00. The fourth-order valence-corrected chi connectivity index (χ4v) is 1.41. The van der Waals surface area contributed by atoms with Crippen molar-refractivity contribution >= 4 is 12.0 Å². The second-order valence-electron chi connectivity index (χ2n) is 3.68. The zero-order valence-corrected chi connectivity index (χ0v) is 8.53. The fourth-order valence-electron chi connectivity index (χ4n) is 1.41. The molecule has 1 aliphatic rings. The maximum absolute atomic E-state index is 11.3. The second kappa shape index (κ2) is 5.38. The van der Waals surface area contributed by atoms with Crippen molar-refractivity contribution in [3.05, 3.63) is 12.7 Å². The number of hydrogen-bond donors (Lipinski definition) is 3. The van der Waals surface area contributed by atoms with Crippen LogP contribution in [0.1, 0.15) is 19.3 Å². The SMILES string of the molecule is C=CCNC(=O)NC(CC(=O)O)C1CC1. The molecule has 1 aliphatic carbocycles. The van der Waals surface area contributed by atoms with Gasteiger partial charge >= 0.3 is 12.0 Å². The van der Waals surface area contributed by atoms with Gasteiger partial charge < -0.3 is 15.7 Å². The Kier molecular flexibility index (Phi) is 4.15. The molecule has 15 heavy (non-hydrogen) atoms. The van der Waals surface area contributed by atoms with Crippen molar-refractivity contribution in [3.8, 4) is 0 Å². The molecule has 0 bridgehead atoms.